The van der Waals surface area contributed by atoms with Gasteiger partial charge in [-0.25, -0.2) is 4.98 Å². The van der Waals surface area contributed by atoms with Gasteiger partial charge in [-0.05, 0) is 31.4 Å². The van der Waals surface area contributed by atoms with Crippen LogP contribution >= 0.6 is 23.1 Å². The van der Waals surface area contributed by atoms with E-state index >= 15 is 0 Å². The first kappa shape index (κ1) is 12.0. The predicted octanol–water partition coefficient (Wildman–Crippen LogP) is 2.68. The number of rotatable bonds is 7. The third-order valence-electron chi connectivity index (χ3n) is 1.82. The fourth-order valence-electron chi connectivity index (χ4n) is 1.15. The summed E-state index contributed by atoms with van der Waals surface area (Å²) >= 11 is 3.73. The second kappa shape index (κ2) is 7.26. The monoisotopic (exact) mass is 230 g/mol. The third-order valence-corrected chi connectivity index (χ3v) is 3.63. The molecule has 0 aliphatic rings. The van der Waals surface area contributed by atoms with Gasteiger partial charge in [-0.3, -0.25) is 0 Å². The van der Waals surface area contributed by atoms with Gasteiger partial charge < -0.3 is 5.32 Å². The number of aryl methyl sites for hydroxylation is 1. The number of hydrogen-bond acceptors (Lipinski definition) is 4. The maximum absolute atomic E-state index is 4.40. The van der Waals surface area contributed by atoms with Crippen molar-refractivity contribution in [3.63, 3.8) is 0 Å². The van der Waals surface area contributed by atoms with Crippen LogP contribution in [0.25, 0.3) is 0 Å². The van der Waals surface area contributed by atoms with Crippen molar-refractivity contribution in [1.82, 2.24) is 10.3 Å². The fraction of sp³-hybridized carbons (Fsp3) is 0.700. The zero-order chi connectivity index (χ0) is 10.2. The molecule has 1 aromatic heterocycles. The normalized spacial score (nSPS) is 10.7. The number of nitrogens with zero attached hydrogens (tertiary/aromatic N) is 1. The smallest absolute Gasteiger partial charge is 0.0897 e. The van der Waals surface area contributed by atoms with Gasteiger partial charge in [0.25, 0.3) is 0 Å². The third kappa shape index (κ3) is 4.98. The molecule has 0 radical (unpaired) electrons. The zero-order valence-corrected chi connectivity index (χ0v) is 10.5. The van der Waals surface area contributed by atoms with Crippen molar-refractivity contribution in [1.29, 1.82) is 0 Å². The highest BCUT2D eigenvalue weighted by atomic mass is 32.2. The van der Waals surface area contributed by atoms with E-state index in [9.17, 15) is 0 Å². The molecule has 1 aromatic rings. The lowest BCUT2D eigenvalue weighted by Crippen LogP contribution is -2.15. The lowest BCUT2D eigenvalue weighted by Gasteiger charge is -2.01. The molecule has 0 saturated carbocycles. The number of hydrogen-bond donors (Lipinski definition) is 1. The van der Waals surface area contributed by atoms with Gasteiger partial charge in [0.1, 0.15) is 0 Å². The van der Waals surface area contributed by atoms with E-state index in [1.165, 1.54) is 23.6 Å². The van der Waals surface area contributed by atoms with Gasteiger partial charge in [-0.15, -0.1) is 11.3 Å². The van der Waals surface area contributed by atoms with E-state index in [-0.39, 0.29) is 0 Å². The first-order chi connectivity index (χ1) is 6.83. The molecule has 0 saturated heterocycles. The molecule has 1 N–H and O–H groups in total. The highest BCUT2D eigenvalue weighted by Crippen LogP contribution is 2.07. The minimum absolute atomic E-state index is 0.918. The molecule has 0 bridgehead atoms. The quantitative estimate of drug-likeness (QED) is 0.729. The predicted molar refractivity (Wildman–Crippen MR) is 66.2 cm³/mol. The average molecular weight is 230 g/mol. The number of thioether (sulfide) groups is 1. The molecule has 0 fully saturated rings. The molecule has 0 aromatic carbocycles. The largest absolute Gasteiger partial charge is 0.311 e. The van der Waals surface area contributed by atoms with Crippen LogP contribution in [0, 0.1) is 6.92 Å². The molecule has 1 heterocycles. The van der Waals surface area contributed by atoms with Crippen LogP contribution in [0.5, 0.6) is 0 Å². The van der Waals surface area contributed by atoms with Crippen molar-refractivity contribution < 1.29 is 0 Å². The maximum Gasteiger partial charge on any atom is 0.0897 e. The summed E-state index contributed by atoms with van der Waals surface area (Å²) in [7, 11) is 0. The highest BCUT2D eigenvalue weighted by Gasteiger charge is 1.96. The molecule has 0 spiro atoms. The molecule has 0 aliphatic heterocycles. The highest BCUT2D eigenvalue weighted by molar-refractivity contribution is 7.99. The first-order valence-electron chi connectivity index (χ1n) is 5.02. The number of thiazole rings is 1. The van der Waals surface area contributed by atoms with Crippen LogP contribution in [0.3, 0.4) is 0 Å². The molecule has 2 nitrogen and oxygen atoms in total. The van der Waals surface area contributed by atoms with Gasteiger partial charge in [0.2, 0.25) is 0 Å². The number of aromatic nitrogens is 1. The van der Waals surface area contributed by atoms with E-state index in [1.807, 2.05) is 18.7 Å². The number of nitrogens with one attached hydrogen (secondary N) is 1. The SMILES string of the molecule is CCSCCCNCc1csc(C)n1. The summed E-state index contributed by atoms with van der Waals surface area (Å²) in [6.45, 7) is 6.27. The summed E-state index contributed by atoms with van der Waals surface area (Å²) in [5.41, 5.74) is 1.18. The van der Waals surface area contributed by atoms with Crippen LogP contribution in [0.4, 0.5) is 0 Å². The Morgan fingerprint density at radius 3 is 3.07 bits per heavy atom. The van der Waals surface area contributed by atoms with E-state index in [0.717, 1.165) is 18.1 Å². The van der Waals surface area contributed by atoms with Crippen molar-refractivity contribution in [2.75, 3.05) is 18.1 Å². The van der Waals surface area contributed by atoms with Crippen molar-refractivity contribution in [2.45, 2.75) is 26.8 Å². The molecule has 14 heavy (non-hydrogen) atoms. The molecular formula is C10H18N2S2. The summed E-state index contributed by atoms with van der Waals surface area (Å²) in [6.07, 6.45) is 1.25. The van der Waals surface area contributed by atoms with E-state index in [1.54, 1.807) is 11.3 Å². The topological polar surface area (TPSA) is 24.9 Å². The minimum Gasteiger partial charge on any atom is -0.311 e. The Morgan fingerprint density at radius 1 is 1.57 bits per heavy atom. The first-order valence-corrected chi connectivity index (χ1v) is 7.06. The molecular weight excluding hydrogens is 212 g/mol. The van der Waals surface area contributed by atoms with Gasteiger partial charge in [0, 0.05) is 11.9 Å². The summed E-state index contributed by atoms with van der Waals surface area (Å²) in [5, 5.41) is 6.69. The second-order valence-electron chi connectivity index (χ2n) is 3.09. The van der Waals surface area contributed by atoms with E-state index in [4.69, 9.17) is 0 Å². The van der Waals surface area contributed by atoms with E-state index in [2.05, 4.69) is 22.6 Å². The molecule has 4 heteroatoms. The standard InChI is InChI=1S/C10H18N2S2/c1-3-13-6-4-5-11-7-10-8-14-9(2)12-10/h8,11H,3-7H2,1-2H3. The van der Waals surface area contributed by atoms with E-state index < -0.39 is 0 Å². The van der Waals surface area contributed by atoms with Crippen LogP contribution in [0.2, 0.25) is 0 Å². The van der Waals surface area contributed by atoms with Crippen LogP contribution < -0.4 is 5.32 Å². The van der Waals surface area contributed by atoms with Crippen LogP contribution in [0.15, 0.2) is 5.38 Å². The Bertz CT molecular complexity index is 248. The van der Waals surface area contributed by atoms with E-state index in [0.29, 0.717) is 0 Å². The lowest BCUT2D eigenvalue weighted by atomic mass is 10.4. The molecule has 1 rings (SSSR count). The second-order valence-corrected chi connectivity index (χ2v) is 5.54. The Kier molecular flexibility index (Phi) is 6.23. The summed E-state index contributed by atoms with van der Waals surface area (Å²) in [6, 6.07) is 0. The van der Waals surface area contributed by atoms with Gasteiger partial charge >= 0.3 is 0 Å². The van der Waals surface area contributed by atoms with Crippen molar-refractivity contribution in [2.24, 2.45) is 0 Å². The van der Waals surface area contributed by atoms with Gasteiger partial charge in [-0.2, -0.15) is 11.8 Å². The Hall–Kier alpha value is -0.0600. The fourth-order valence-corrected chi connectivity index (χ4v) is 2.40. The Morgan fingerprint density at radius 2 is 2.43 bits per heavy atom. The van der Waals surface area contributed by atoms with Crippen molar-refractivity contribution >= 4 is 23.1 Å². The van der Waals surface area contributed by atoms with Crippen molar-refractivity contribution in [3.05, 3.63) is 16.1 Å². The van der Waals surface area contributed by atoms with Gasteiger partial charge in [0.15, 0.2) is 0 Å². The van der Waals surface area contributed by atoms with Crippen LogP contribution in [-0.2, 0) is 6.54 Å². The van der Waals surface area contributed by atoms with Gasteiger partial charge in [-0.1, -0.05) is 6.92 Å². The Balaban J connectivity index is 1.99. The summed E-state index contributed by atoms with van der Waals surface area (Å²) in [5.74, 6) is 2.49. The van der Waals surface area contributed by atoms with Crippen LogP contribution in [0.1, 0.15) is 24.0 Å². The molecule has 0 aliphatic carbocycles. The summed E-state index contributed by atoms with van der Waals surface area (Å²) < 4.78 is 0. The van der Waals surface area contributed by atoms with Crippen molar-refractivity contribution in [3.8, 4) is 0 Å². The molecule has 0 amide bonds. The zero-order valence-electron chi connectivity index (χ0n) is 8.88. The lowest BCUT2D eigenvalue weighted by molar-refractivity contribution is 0.669. The molecule has 80 valence electrons. The molecule has 0 atom stereocenters. The maximum atomic E-state index is 4.40. The minimum atomic E-state index is 0.918. The van der Waals surface area contributed by atoms with Crippen LogP contribution in [-0.4, -0.2) is 23.0 Å². The summed E-state index contributed by atoms with van der Waals surface area (Å²) in [4.78, 5) is 4.40. The average Bonchev–Trinajstić information content (AvgIpc) is 2.58. The Labute approximate surface area is 94.5 Å². The van der Waals surface area contributed by atoms with Gasteiger partial charge in [0.05, 0.1) is 10.7 Å². The molecule has 0 unspecified atom stereocenters.